The van der Waals surface area contributed by atoms with Gasteiger partial charge in [0, 0.05) is 25.6 Å². The highest BCUT2D eigenvalue weighted by Crippen LogP contribution is 2.26. The average molecular weight is 336 g/mol. The fourth-order valence-electron chi connectivity index (χ4n) is 2.90. The molecule has 23 heavy (non-hydrogen) atoms. The third kappa shape index (κ3) is 4.00. The van der Waals surface area contributed by atoms with Crippen LogP contribution in [-0.2, 0) is 14.8 Å². The minimum atomic E-state index is -3.49. The van der Waals surface area contributed by atoms with Crippen molar-refractivity contribution in [2.45, 2.75) is 31.6 Å². The van der Waals surface area contributed by atoms with E-state index in [1.807, 2.05) is 26.0 Å². The van der Waals surface area contributed by atoms with Gasteiger partial charge in [-0.2, -0.15) is 4.31 Å². The van der Waals surface area contributed by atoms with Crippen LogP contribution in [0.2, 0.25) is 0 Å². The highest BCUT2D eigenvalue weighted by molar-refractivity contribution is 7.89. The minimum Gasteiger partial charge on any atom is -0.352 e. The van der Waals surface area contributed by atoms with Crippen molar-refractivity contribution in [1.82, 2.24) is 9.62 Å². The first-order chi connectivity index (χ1) is 10.9. The predicted molar refractivity (Wildman–Crippen MR) is 90.6 cm³/mol. The molecule has 2 rings (SSSR count). The van der Waals surface area contributed by atoms with E-state index < -0.39 is 10.0 Å². The summed E-state index contributed by atoms with van der Waals surface area (Å²) in [6, 6.07) is 5.36. The molecule has 1 aromatic rings. The molecular formula is C17H24N2O3S. The zero-order valence-electron chi connectivity index (χ0n) is 13.7. The van der Waals surface area contributed by atoms with Crippen LogP contribution in [0, 0.1) is 19.8 Å². The predicted octanol–water partition coefficient (Wildman–Crippen LogP) is 2.01. The Bertz CT molecular complexity index is 690. The van der Waals surface area contributed by atoms with Crippen LogP contribution >= 0.6 is 0 Å². The summed E-state index contributed by atoms with van der Waals surface area (Å²) < 4.78 is 27.0. The third-order valence-electron chi connectivity index (χ3n) is 4.19. The molecule has 1 N–H and O–H groups in total. The zero-order chi connectivity index (χ0) is 17.0. The first-order valence-electron chi connectivity index (χ1n) is 7.82. The lowest BCUT2D eigenvalue weighted by Gasteiger charge is -2.30. The number of carbonyl (C=O) groups excluding carboxylic acids is 1. The Morgan fingerprint density at radius 2 is 2.00 bits per heavy atom. The number of nitrogens with zero attached hydrogens (tertiary/aromatic N) is 1. The van der Waals surface area contributed by atoms with Crippen molar-refractivity contribution in [1.29, 1.82) is 0 Å². The van der Waals surface area contributed by atoms with Gasteiger partial charge in [-0.1, -0.05) is 23.8 Å². The van der Waals surface area contributed by atoms with Gasteiger partial charge in [0.25, 0.3) is 0 Å². The number of piperidine rings is 1. The van der Waals surface area contributed by atoms with Crippen molar-refractivity contribution < 1.29 is 13.2 Å². The maximum absolute atomic E-state index is 12.8. The number of rotatable bonds is 5. The summed E-state index contributed by atoms with van der Waals surface area (Å²) >= 11 is 0. The number of carbonyl (C=O) groups is 1. The lowest BCUT2D eigenvalue weighted by atomic mass is 9.97. The van der Waals surface area contributed by atoms with E-state index in [-0.39, 0.29) is 11.8 Å². The molecule has 0 radical (unpaired) electrons. The van der Waals surface area contributed by atoms with Gasteiger partial charge in [-0.15, -0.1) is 6.58 Å². The molecule has 6 heteroatoms. The Labute approximate surface area is 138 Å². The third-order valence-corrected chi connectivity index (χ3v) is 6.25. The van der Waals surface area contributed by atoms with Crippen LogP contribution in [-0.4, -0.2) is 38.3 Å². The first kappa shape index (κ1) is 17.7. The normalized spacial score (nSPS) is 17.0. The standard InChI is InChI=1S/C17H24N2O3S/c1-4-9-18-17(20)15-7-10-19(11-8-15)23(21,22)16-6-5-13(2)12-14(16)3/h4-6,12,15H,1,7-11H2,2-3H3,(H,18,20). The van der Waals surface area contributed by atoms with E-state index in [0.29, 0.717) is 37.4 Å². The molecule has 126 valence electrons. The largest absolute Gasteiger partial charge is 0.352 e. The van der Waals surface area contributed by atoms with Crippen molar-refractivity contribution in [2.24, 2.45) is 5.92 Å². The molecule has 1 fully saturated rings. The second kappa shape index (κ2) is 7.27. The SMILES string of the molecule is C=CCNC(=O)C1CCN(S(=O)(=O)c2ccc(C)cc2C)CC1. The van der Waals surface area contributed by atoms with Gasteiger partial charge in [-0.25, -0.2) is 8.42 Å². The van der Waals surface area contributed by atoms with E-state index in [0.717, 1.165) is 11.1 Å². The smallest absolute Gasteiger partial charge is 0.243 e. The van der Waals surface area contributed by atoms with E-state index in [9.17, 15) is 13.2 Å². The van der Waals surface area contributed by atoms with E-state index in [2.05, 4.69) is 11.9 Å². The van der Waals surface area contributed by atoms with Gasteiger partial charge in [0.2, 0.25) is 15.9 Å². The molecular weight excluding hydrogens is 312 g/mol. The van der Waals surface area contributed by atoms with Gasteiger partial charge in [-0.3, -0.25) is 4.79 Å². The molecule has 0 bridgehead atoms. The maximum atomic E-state index is 12.8. The monoisotopic (exact) mass is 336 g/mol. The molecule has 0 aliphatic carbocycles. The first-order valence-corrected chi connectivity index (χ1v) is 9.26. The zero-order valence-corrected chi connectivity index (χ0v) is 14.5. The molecule has 0 unspecified atom stereocenters. The number of hydrogen-bond donors (Lipinski definition) is 1. The minimum absolute atomic E-state index is 0.0199. The van der Waals surface area contributed by atoms with E-state index in [4.69, 9.17) is 0 Å². The van der Waals surface area contributed by atoms with Crippen molar-refractivity contribution in [2.75, 3.05) is 19.6 Å². The van der Waals surface area contributed by atoms with Crippen molar-refractivity contribution in [3.8, 4) is 0 Å². The topological polar surface area (TPSA) is 66.5 Å². The fraction of sp³-hybridized carbons (Fsp3) is 0.471. The van der Waals surface area contributed by atoms with E-state index >= 15 is 0 Å². The van der Waals surface area contributed by atoms with Crippen LogP contribution in [0.15, 0.2) is 35.7 Å². The number of aryl methyl sites for hydroxylation is 2. The van der Waals surface area contributed by atoms with Gasteiger partial charge in [-0.05, 0) is 38.3 Å². The molecule has 1 aliphatic heterocycles. The van der Waals surface area contributed by atoms with Gasteiger partial charge in [0.15, 0.2) is 0 Å². The fourth-order valence-corrected chi connectivity index (χ4v) is 4.58. The Kier molecular flexibility index (Phi) is 5.59. The van der Waals surface area contributed by atoms with Gasteiger partial charge in [0.05, 0.1) is 4.90 Å². The summed E-state index contributed by atoms with van der Waals surface area (Å²) in [7, 11) is -3.49. The highest BCUT2D eigenvalue weighted by atomic mass is 32.2. The maximum Gasteiger partial charge on any atom is 0.243 e. The number of amides is 1. The summed E-state index contributed by atoms with van der Waals surface area (Å²) in [5.74, 6) is -0.144. The molecule has 0 atom stereocenters. The summed E-state index contributed by atoms with van der Waals surface area (Å²) in [4.78, 5) is 12.3. The van der Waals surface area contributed by atoms with E-state index in [1.165, 1.54) is 4.31 Å². The van der Waals surface area contributed by atoms with Crippen LogP contribution < -0.4 is 5.32 Å². The van der Waals surface area contributed by atoms with E-state index in [1.54, 1.807) is 12.1 Å². The van der Waals surface area contributed by atoms with Crippen molar-refractivity contribution >= 4 is 15.9 Å². The molecule has 0 aromatic heterocycles. The van der Waals surface area contributed by atoms with Crippen LogP contribution in [0.25, 0.3) is 0 Å². The van der Waals surface area contributed by atoms with Crippen molar-refractivity contribution in [3.05, 3.63) is 42.0 Å². The number of hydrogen-bond acceptors (Lipinski definition) is 3. The molecule has 0 spiro atoms. The molecule has 1 saturated heterocycles. The Hall–Kier alpha value is -1.66. The second-order valence-corrected chi connectivity index (χ2v) is 7.89. The van der Waals surface area contributed by atoms with Crippen molar-refractivity contribution in [3.63, 3.8) is 0 Å². The molecule has 0 saturated carbocycles. The number of nitrogens with one attached hydrogen (secondary N) is 1. The van der Waals surface area contributed by atoms with Crippen LogP contribution in [0.1, 0.15) is 24.0 Å². The number of sulfonamides is 1. The molecule has 5 nitrogen and oxygen atoms in total. The summed E-state index contributed by atoms with van der Waals surface area (Å²) in [6.45, 7) is 8.52. The summed E-state index contributed by atoms with van der Waals surface area (Å²) in [6.07, 6.45) is 2.73. The Morgan fingerprint density at radius 1 is 1.35 bits per heavy atom. The van der Waals surface area contributed by atoms with Crippen LogP contribution in [0.4, 0.5) is 0 Å². The average Bonchev–Trinajstić information content (AvgIpc) is 2.52. The molecule has 1 aromatic carbocycles. The van der Waals surface area contributed by atoms with Gasteiger partial charge in [0.1, 0.15) is 0 Å². The number of benzene rings is 1. The van der Waals surface area contributed by atoms with Gasteiger partial charge >= 0.3 is 0 Å². The molecule has 1 amide bonds. The molecule has 1 aliphatic rings. The second-order valence-electron chi connectivity index (χ2n) is 5.98. The van der Waals surface area contributed by atoms with Crippen LogP contribution in [0.3, 0.4) is 0 Å². The lowest BCUT2D eigenvalue weighted by Crippen LogP contribution is -2.43. The van der Waals surface area contributed by atoms with Crippen LogP contribution in [0.5, 0.6) is 0 Å². The van der Waals surface area contributed by atoms with Gasteiger partial charge < -0.3 is 5.32 Å². The lowest BCUT2D eigenvalue weighted by molar-refractivity contribution is -0.125. The summed E-state index contributed by atoms with van der Waals surface area (Å²) in [5.41, 5.74) is 1.80. The Balaban J connectivity index is 2.06. The quantitative estimate of drug-likeness (QED) is 0.837. The summed E-state index contributed by atoms with van der Waals surface area (Å²) in [5, 5.41) is 2.78. The molecule has 1 heterocycles. The Morgan fingerprint density at radius 3 is 2.57 bits per heavy atom. The highest BCUT2D eigenvalue weighted by Gasteiger charge is 2.32.